The van der Waals surface area contributed by atoms with Crippen molar-refractivity contribution in [2.24, 2.45) is 0 Å². The number of allylic oxidation sites excluding steroid dienone is 2. The van der Waals surface area contributed by atoms with E-state index >= 15 is 0 Å². The van der Waals surface area contributed by atoms with E-state index < -0.39 is 0 Å². The molecule has 1 aromatic rings. The summed E-state index contributed by atoms with van der Waals surface area (Å²) in [6.07, 6.45) is -0.367. The van der Waals surface area contributed by atoms with E-state index in [1.807, 2.05) is 0 Å². The zero-order chi connectivity index (χ0) is 17.3. The molecule has 0 atom stereocenters. The molecule has 0 unspecified atom stereocenters. The number of benzene rings is 1. The van der Waals surface area contributed by atoms with Gasteiger partial charge in [-0.3, -0.25) is 9.59 Å². The first-order chi connectivity index (χ1) is 11.5. The van der Waals surface area contributed by atoms with Crippen LogP contribution in [0.3, 0.4) is 0 Å². The Labute approximate surface area is 144 Å². The van der Waals surface area contributed by atoms with Crippen molar-refractivity contribution in [2.45, 2.75) is 6.92 Å². The molecule has 1 amide bonds. The van der Waals surface area contributed by atoms with Crippen LogP contribution in [0, 0.1) is 0 Å². The van der Waals surface area contributed by atoms with Crippen molar-refractivity contribution in [2.75, 3.05) is 32.8 Å². The quantitative estimate of drug-likeness (QED) is 0.820. The lowest BCUT2D eigenvalue weighted by Crippen LogP contribution is -2.50. The van der Waals surface area contributed by atoms with Crippen molar-refractivity contribution in [1.29, 1.82) is 0 Å². The predicted octanol–water partition coefficient (Wildman–Crippen LogP) is 2.29. The molecule has 0 N–H and O–H groups in total. The summed E-state index contributed by atoms with van der Waals surface area (Å²) >= 11 is 6.20. The van der Waals surface area contributed by atoms with Gasteiger partial charge >= 0.3 is 6.09 Å². The van der Waals surface area contributed by atoms with Crippen molar-refractivity contribution in [3.05, 3.63) is 46.1 Å². The highest BCUT2D eigenvalue weighted by Crippen LogP contribution is 2.30. The number of ketones is 2. The Balaban J connectivity index is 1.81. The molecule has 3 rings (SSSR count). The second-order valence-electron chi connectivity index (χ2n) is 5.54. The molecule has 0 radical (unpaired) electrons. The molecule has 1 saturated heterocycles. The van der Waals surface area contributed by atoms with Gasteiger partial charge in [-0.1, -0.05) is 35.9 Å². The maximum atomic E-state index is 12.7. The topological polar surface area (TPSA) is 66.9 Å². The molecule has 1 aliphatic carbocycles. The number of Topliss-reactive ketones (excluding diaryl/α,β-unsaturated/α-hetero) is 2. The van der Waals surface area contributed by atoms with Gasteiger partial charge in [0.2, 0.25) is 11.6 Å². The van der Waals surface area contributed by atoms with Crippen molar-refractivity contribution >= 4 is 29.3 Å². The second kappa shape index (κ2) is 6.65. The summed E-state index contributed by atoms with van der Waals surface area (Å²) in [6, 6.07) is 6.66. The number of carbonyl (C=O) groups excluding carboxylic acids is 3. The Morgan fingerprint density at radius 1 is 1.08 bits per heavy atom. The van der Waals surface area contributed by atoms with Crippen LogP contribution in [0.15, 0.2) is 35.0 Å². The van der Waals surface area contributed by atoms with Crippen molar-refractivity contribution in [1.82, 2.24) is 9.80 Å². The second-order valence-corrected chi connectivity index (χ2v) is 5.92. The first kappa shape index (κ1) is 16.5. The molecule has 0 bridgehead atoms. The lowest BCUT2D eigenvalue weighted by Gasteiger charge is -2.37. The smallest absolute Gasteiger partial charge is 0.409 e. The molecule has 0 saturated carbocycles. The van der Waals surface area contributed by atoms with E-state index in [4.69, 9.17) is 16.3 Å². The number of piperazine rings is 1. The number of fused-ring (bicyclic) bond motifs is 1. The third-order valence-corrected chi connectivity index (χ3v) is 4.51. The third-order valence-electron chi connectivity index (χ3n) is 4.16. The third kappa shape index (κ3) is 2.78. The average molecular weight is 349 g/mol. The Kier molecular flexibility index (Phi) is 4.57. The molecule has 6 nitrogen and oxygen atoms in total. The van der Waals surface area contributed by atoms with Gasteiger partial charge in [-0.05, 0) is 6.92 Å². The van der Waals surface area contributed by atoms with E-state index in [-0.39, 0.29) is 28.4 Å². The maximum Gasteiger partial charge on any atom is 0.409 e. The van der Waals surface area contributed by atoms with Gasteiger partial charge in [-0.15, -0.1) is 0 Å². The number of rotatable bonds is 2. The van der Waals surface area contributed by atoms with E-state index in [1.165, 1.54) is 0 Å². The van der Waals surface area contributed by atoms with Crippen molar-refractivity contribution < 1.29 is 19.1 Å². The van der Waals surface area contributed by atoms with Gasteiger partial charge in [0.05, 0.1) is 6.61 Å². The molecular formula is C17H17ClN2O4. The Bertz CT molecular complexity index is 736. The van der Waals surface area contributed by atoms with E-state index in [2.05, 4.69) is 0 Å². The van der Waals surface area contributed by atoms with Crippen LogP contribution in [0.25, 0.3) is 0 Å². The SMILES string of the molecule is CCOC(=O)N1CCN(C2=C(Cl)C(=O)c3ccccc3C2=O)CC1. The average Bonchev–Trinajstić information content (AvgIpc) is 2.61. The molecule has 126 valence electrons. The van der Waals surface area contributed by atoms with Crippen LogP contribution < -0.4 is 0 Å². The molecule has 0 aromatic heterocycles. The standard InChI is InChI=1S/C17H17ClN2O4/c1-2-24-17(23)20-9-7-19(8-10-20)14-13(18)15(21)11-5-3-4-6-12(11)16(14)22/h3-6H,2,7-10H2,1H3. The highest BCUT2D eigenvalue weighted by atomic mass is 35.5. The molecule has 7 heteroatoms. The fourth-order valence-electron chi connectivity index (χ4n) is 2.94. The van der Waals surface area contributed by atoms with Crippen LogP contribution in [0.1, 0.15) is 27.6 Å². The zero-order valence-corrected chi connectivity index (χ0v) is 14.0. The van der Waals surface area contributed by atoms with Crippen LogP contribution in [0.5, 0.6) is 0 Å². The van der Waals surface area contributed by atoms with Gasteiger partial charge in [0.15, 0.2) is 0 Å². The number of hydrogen-bond donors (Lipinski definition) is 0. The van der Waals surface area contributed by atoms with E-state index in [0.29, 0.717) is 43.9 Å². The van der Waals surface area contributed by atoms with Crippen LogP contribution >= 0.6 is 11.6 Å². The Morgan fingerprint density at radius 2 is 1.67 bits per heavy atom. The lowest BCUT2D eigenvalue weighted by atomic mass is 9.91. The van der Waals surface area contributed by atoms with Crippen molar-refractivity contribution in [3.63, 3.8) is 0 Å². The highest BCUT2D eigenvalue weighted by molar-refractivity contribution is 6.49. The Hall–Kier alpha value is -2.34. The largest absolute Gasteiger partial charge is 0.450 e. The van der Waals surface area contributed by atoms with Crippen molar-refractivity contribution in [3.8, 4) is 0 Å². The number of halogens is 1. The van der Waals surface area contributed by atoms with Gasteiger partial charge in [0.25, 0.3) is 0 Å². The van der Waals surface area contributed by atoms with Crippen LogP contribution in [0.2, 0.25) is 0 Å². The van der Waals surface area contributed by atoms with Crippen LogP contribution in [-0.4, -0.2) is 60.2 Å². The molecule has 0 spiro atoms. The summed E-state index contributed by atoms with van der Waals surface area (Å²) in [5, 5.41) is -0.0525. The van der Waals surface area contributed by atoms with Crippen LogP contribution in [-0.2, 0) is 4.74 Å². The summed E-state index contributed by atoms with van der Waals surface area (Å²) in [5.74, 6) is -0.588. The fraction of sp³-hybridized carbons (Fsp3) is 0.353. The van der Waals surface area contributed by atoms with E-state index in [1.54, 1.807) is 41.0 Å². The van der Waals surface area contributed by atoms with E-state index in [0.717, 1.165) is 0 Å². The molecule has 2 aliphatic rings. The minimum absolute atomic E-state index is 0.0525. The zero-order valence-electron chi connectivity index (χ0n) is 13.3. The first-order valence-corrected chi connectivity index (χ1v) is 8.17. The number of hydrogen-bond acceptors (Lipinski definition) is 5. The molecule has 1 aromatic carbocycles. The normalized spacial score (nSPS) is 17.9. The number of nitrogens with zero attached hydrogens (tertiary/aromatic N) is 2. The fourth-order valence-corrected chi connectivity index (χ4v) is 3.25. The minimum atomic E-state index is -0.367. The molecule has 24 heavy (non-hydrogen) atoms. The van der Waals surface area contributed by atoms with E-state index in [9.17, 15) is 14.4 Å². The summed E-state index contributed by atoms with van der Waals surface area (Å²) < 4.78 is 4.98. The van der Waals surface area contributed by atoms with Gasteiger partial charge in [-0.25, -0.2) is 4.79 Å². The number of ether oxygens (including phenoxy) is 1. The Morgan fingerprint density at radius 3 is 2.25 bits per heavy atom. The first-order valence-electron chi connectivity index (χ1n) is 7.79. The molecule has 1 fully saturated rings. The molecule has 1 aliphatic heterocycles. The van der Waals surface area contributed by atoms with Gasteiger partial charge in [0, 0.05) is 37.3 Å². The summed E-state index contributed by atoms with van der Waals surface area (Å²) in [6.45, 7) is 3.74. The predicted molar refractivity (Wildman–Crippen MR) is 88.2 cm³/mol. The highest BCUT2D eigenvalue weighted by Gasteiger charge is 2.35. The monoisotopic (exact) mass is 348 g/mol. The maximum absolute atomic E-state index is 12.7. The number of carbonyl (C=O) groups is 3. The molecule has 1 heterocycles. The minimum Gasteiger partial charge on any atom is -0.450 e. The lowest BCUT2D eigenvalue weighted by molar-refractivity contribution is 0.0805. The van der Waals surface area contributed by atoms with Gasteiger partial charge in [0.1, 0.15) is 10.7 Å². The summed E-state index contributed by atoms with van der Waals surface area (Å²) in [7, 11) is 0. The summed E-state index contributed by atoms with van der Waals surface area (Å²) in [4.78, 5) is 40.3. The number of amides is 1. The summed E-state index contributed by atoms with van der Waals surface area (Å²) in [5.41, 5.74) is 0.931. The van der Waals surface area contributed by atoms with Gasteiger partial charge in [-0.2, -0.15) is 0 Å². The van der Waals surface area contributed by atoms with Gasteiger partial charge < -0.3 is 14.5 Å². The molecular weight excluding hydrogens is 332 g/mol. The van der Waals surface area contributed by atoms with Crippen LogP contribution in [0.4, 0.5) is 4.79 Å².